The summed E-state index contributed by atoms with van der Waals surface area (Å²) in [6.45, 7) is 5.37. The summed E-state index contributed by atoms with van der Waals surface area (Å²) in [5.74, 6) is 0.931. The normalized spacial score (nSPS) is 19.6. The van der Waals surface area contributed by atoms with Gasteiger partial charge in [-0.1, -0.05) is 12.8 Å². The Labute approximate surface area is 160 Å². The zero-order valence-electron chi connectivity index (χ0n) is 15.7. The molecular formula is C21H28N4O2. The van der Waals surface area contributed by atoms with Gasteiger partial charge >= 0.3 is 0 Å². The maximum atomic E-state index is 10.3. The van der Waals surface area contributed by atoms with Crippen molar-refractivity contribution in [2.75, 3.05) is 26.2 Å². The SMILES string of the molecule is Oc1cccnc1CN1CC(c2ccc(O)c(CN3CCCCCC3)n2)C1. The van der Waals surface area contributed by atoms with E-state index in [1.807, 2.05) is 6.07 Å². The van der Waals surface area contributed by atoms with Crippen LogP contribution in [0.4, 0.5) is 0 Å². The molecule has 2 aliphatic heterocycles. The van der Waals surface area contributed by atoms with Crippen LogP contribution < -0.4 is 0 Å². The van der Waals surface area contributed by atoms with Crippen molar-refractivity contribution in [3.05, 3.63) is 47.5 Å². The number of hydrogen-bond donors (Lipinski definition) is 2. The first-order valence-electron chi connectivity index (χ1n) is 9.95. The summed E-state index contributed by atoms with van der Waals surface area (Å²) in [4.78, 5) is 13.7. The molecule has 2 saturated heterocycles. The molecule has 0 amide bonds. The molecule has 0 saturated carbocycles. The van der Waals surface area contributed by atoms with E-state index in [4.69, 9.17) is 4.98 Å². The van der Waals surface area contributed by atoms with E-state index in [-0.39, 0.29) is 5.75 Å². The van der Waals surface area contributed by atoms with Crippen molar-refractivity contribution in [1.29, 1.82) is 0 Å². The topological polar surface area (TPSA) is 72.7 Å². The van der Waals surface area contributed by atoms with E-state index in [2.05, 4.69) is 14.8 Å². The highest BCUT2D eigenvalue weighted by atomic mass is 16.3. The van der Waals surface area contributed by atoms with E-state index >= 15 is 0 Å². The molecule has 27 heavy (non-hydrogen) atoms. The number of pyridine rings is 2. The van der Waals surface area contributed by atoms with Gasteiger partial charge in [0, 0.05) is 44.0 Å². The Kier molecular flexibility index (Phi) is 5.55. The first-order valence-corrected chi connectivity index (χ1v) is 9.95. The number of aromatic nitrogens is 2. The molecule has 2 aromatic rings. The van der Waals surface area contributed by atoms with Gasteiger partial charge in [0.25, 0.3) is 0 Å². The van der Waals surface area contributed by atoms with Crippen LogP contribution in [0.1, 0.15) is 48.7 Å². The minimum Gasteiger partial charge on any atom is -0.506 e. The lowest BCUT2D eigenvalue weighted by atomic mass is 9.95. The van der Waals surface area contributed by atoms with Crippen LogP contribution in [0.3, 0.4) is 0 Å². The molecular weight excluding hydrogens is 340 g/mol. The van der Waals surface area contributed by atoms with Crippen LogP contribution in [-0.4, -0.2) is 56.2 Å². The molecule has 6 nitrogen and oxygen atoms in total. The average molecular weight is 368 g/mol. The lowest BCUT2D eigenvalue weighted by Gasteiger charge is -2.39. The maximum Gasteiger partial charge on any atom is 0.138 e. The first-order chi connectivity index (χ1) is 13.2. The highest BCUT2D eigenvalue weighted by Crippen LogP contribution is 2.30. The van der Waals surface area contributed by atoms with Gasteiger partial charge in [0.15, 0.2) is 0 Å². The number of hydrogen-bond acceptors (Lipinski definition) is 6. The standard InChI is InChI=1S/C21H28N4O2/c26-20-6-5-9-22-18(20)14-25-12-16(13-25)17-7-8-21(27)19(23-17)15-24-10-3-1-2-4-11-24/h5-9,16,26-27H,1-4,10-15H2. The van der Waals surface area contributed by atoms with Gasteiger partial charge in [-0.15, -0.1) is 0 Å². The zero-order valence-corrected chi connectivity index (χ0v) is 15.7. The third kappa shape index (κ3) is 4.39. The highest BCUT2D eigenvalue weighted by Gasteiger charge is 2.30. The van der Waals surface area contributed by atoms with Crippen LogP contribution >= 0.6 is 0 Å². The molecule has 2 fully saturated rings. The summed E-state index contributed by atoms with van der Waals surface area (Å²) in [6, 6.07) is 7.16. The zero-order chi connectivity index (χ0) is 18.6. The Hall–Kier alpha value is -2.18. The number of rotatable bonds is 5. The van der Waals surface area contributed by atoms with Gasteiger partial charge in [0.1, 0.15) is 11.5 Å². The Morgan fingerprint density at radius 3 is 2.30 bits per heavy atom. The molecule has 2 aliphatic rings. The molecule has 0 radical (unpaired) electrons. The predicted molar refractivity (Wildman–Crippen MR) is 104 cm³/mol. The van der Waals surface area contributed by atoms with Crippen molar-refractivity contribution in [2.24, 2.45) is 0 Å². The highest BCUT2D eigenvalue weighted by molar-refractivity contribution is 5.31. The predicted octanol–water partition coefficient (Wildman–Crippen LogP) is 2.86. The first kappa shape index (κ1) is 18.2. The molecule has 0 aliphatic carbocycles. The minimum absolute atomic E-state index is 0.253. The summed E-state index contributed by atoms with van der Waals surface area (Å²) < 4.78 is 0. The van der Waals surface area contributed by atoms with E-state index in [1.54, 1.807) is 24.4 Å². The average Bonchev–Trinajstić information content (AvgIpc) is 2.90. The number of nitrogens with zero attached hydrogens (tertiary/aromatic N) is 4. The molecule has 2 N–H and O–H groups in total. The fourth-order valence-electron chi connectivity index (χ4n) is 4.01. The maximum absolute atomic E-state index is 10.3. The molecule has 4 rings (SSSR count). The smallest absolute Gasteiger partial charge is 0.138 e. The fourth-order valence-corrected chi connectivity index (χ4v) is 4.01. The summed E-state index contributed by atoms with van der Waals surface area (Å²) >= 11 is 0. The molecule has 0 unspecified atom stereocenters. The van der Waals surface area contributed by atoms with Crippen LogP contribution in [0.15, 0.2) is 30.5 Å². The largest absolute Gasteiger partial charge is 0.506 e. The molecule has 2 aromatic heterocycles. The molecule has 0 bridgehead atoms. The summed E-state index contributed by atoms with van der Waals surface area (Å²) in [6.07, 6.45) is 6.79. The molecule has 144 valence electrons. The van der Waals surface area contributed by atoms with Crippen molar-refractivity contribution in [1.82, 2.24) is 19.8 Å². The molecule has 4 heterocycles. The van der Waals surface area contributed by atoms with E-state index in [0.29, 0.717) is 18.2 Å². The third-order valence-corrected chi connectivity index (χ3v) is 5.66. The van der Waals surface area contributed by atoms with Gasteiger partial charge in [-0.05, 0) is 50.2 Å². The second kappa shape index (κ2) is 8.23. The molecule has 0 spiro atoms. The van der Waals surface area contributed by atoms with E-state index in [1.165, 1.54) is 25.7 Å². The van der Waals surface area contributed by atoms with E-state index in [9.17, 15) is 10.2 Å². The summed E-state index contributed by atoms with van der Waals surface area (Å²) in [7, 11) is 0. The lowest BCUT2D eigenvalue weighted by molar-refractivity contribution is 0.133. The number of aromatic hydroxyl groups is 2. The van der Waals surface area contributed by atoms with Gasteiger partial charge in [0.2, 0.25) is 0 Å². The van der Waals surface area contributed by atoms with Crippen LogP contribution in [0.5, 0.6) is 11.5 Å². The van der Waals surface area contributed by atoms with Crippen molar-refractivity contribution in [3.63, 3.8) is 0 Å². The van der Waals surface area contributed by atoms with Gasteiger partial charge in [0.05, 0.1) is 11.4 Å². The second-order valence-electron chi connectivity index (χ2n) is 7.75. The van der Waals surface area contributed by atoms with Crippen LogP contribution in [0.2, 0.25) is 0 Å². The van der Waals surface area contributed by atoms with Crippen LogP contribution in [-0.2, 0) is 13.1 Å². The molecule has 6 heteroatoms. The van der Waals surface area contributed by atoms with E-state index < -0.39 is 0 Å². The van der Waals surface area contributed by atoms with Crippen LogP contribution in [0.25, 0.3) is 0 Å². The lowest BCUT2D eigenvalue weighted by Crippen LogP contribution is -2.44. The van der Waals surface area contributed by atoms with Crippen LogP contribution in [0, 0.1) is 0 Å². The fraction of sp³-hybridized carbons (Fsp3) is 0.524. The van der Waals surface area contributed by atoms with Gasteiger partial charge < -0.3 is 10.2 Å². The van der Waals surface area contributed by atoms with Crippen molar-refractivity contribution in [2.45, 2.75) is 44.7 Å². The quantitative estimate of drug-likeness (QED) is 0.845. The Balaban J connectivity index is 1.36. The van der Waals surface area contributed by atoms with Gasteiger partial charge in [-0.25, -0.2) is 0 Å². The Morgan fingerprint density at radius 2 is 1.56 bits per heavy atom. The van der Waals surface area contributed by atoms with Crippen molar-refractivity contribution < 1.29 is 10.2 Å². The van der Waals surface area contributed by atoms with Crippen molar-refractivity contribution >= 4 is 0 Å². The third-order valence-electron chi connectivity index (χ3n) is 5.66. The van der Waals surface area contributed by atoms with Gasteiger partial charge in [-0.2, -0.15) is 0 Å². The van der Waals surface area contributed by atoms with Gasteiger partial charge in [-0.3, -0.25) is 19.8 Å². The minimum atomic E-state index is 0.253. The summed E-state index contributed by atoms with van der Waals surface area (Å²) in [5.41, 5.74) is 2.57. The molecule has 0 aromatic carbocycles. The monoisotopic (exact) mass is 368 g/mol. The Bertz CT molecular complexity index is 769. The van der Waals surface area contributed by atoms with Crippen molar-refractivity contribution in [3.8, 4) is 11.5 Å². The van der Waals surface area contributed by atoms with E-state index in [0.717, 1.165) is 49.8 Å². The Morgan fingerprint density at radius 1 is 0.852 bits per heavy atom. The second-order valence-corrected chi connectivity index (χ2v) is 7.75. The number of likely N-dealkylation sites (tertiary alicyclic amines) is 2. The summed E-state index contributed by atoms with van der Waals surface area (Å²) in [5, 5.41) is 20.1. The molecule has 0 atom stereocenters.